The number of hydrogen-bond acceptors (Lipinski definition) is 9. The molecule has 0 aliphatic carbocycles. The first kappa shape index (κ1) is 51.9. The van der Waals surface area contributed by atoms with Crippen molar-refractivity contribution in [1.29, 1.82) is 0 Å². The fourth-order valence-corrected chi connectivity index (χ4v) is 6.94. The number of amides is 1. The zero-order valence-electron chi connectivity index (χ0n) is 35.1. The van der Waals surface area contributed by atoms with E-state index in [-0.39, 0.29) is 38.3 Å². The van der Waals surface area contributed by atoms with Crippen LogP contribution in [0.1, 0.15) is 57.8 Å². The molecule has 0 bridgehead atoms. The Morgan fingerprint density at radius 2 is 0.870 bits per heavy atom. The van der Waals surface area contributed by atoms with Gasteiger partial charge in [0.25, 0.3) is 5.91 Å². The second-order valence-corrected chi connectivity index (χ2v) is 14.7. The molecule has 69 heavy (non-hydrogen) atoms. The second kappa shape index (κ2) is 20.8. The summed E-state index contributed by atoms with van der Waals surface area (Å²) in [5.41, 5.74) is -0.113. The van der Waals surface area contributed by atoms with Crippen molar-refractivity contribution in [3.63, 3.8) is 0 Å². The van der Waals surface area contributed by atoms with Crippen molar-refractivity contribution in [2.24, 2.45) is 0 Å². The second-order valence-electron chi connectivity index (χ2n) is 14.7. The van der Waals surface area contributed by atoms with Gasteiger partial charge in [-0.2, -0.15) is 39.5 Å². The SMILES string of the molecule is C.C.CNC(=O)c1ccc(-c2nnc(Nc3cc(C(F)(F)F)cc(C(F)(F)F)c3)c3ccccc23)cc1.COC(=O)c1ccc(-c2nnc(Nc3cc(C)cc(C(F)(F)F)c3)c3ccccc23)cc1. The number of esters is 1. The van der Waals surface area contributed by atoms with E-state index in [1.54, 1.807) is 85.8 Å². The summed E-state index contributed by atoms with van der Waals surface area (Å²) in [6.07, 6.45) is -14.4. The van der Waals surface area contributed by atoms with Gasteiger partial charge < -0.3 is 20.7 Å². The molecule has 3 N–H and O–H groups in total. The van der Waals surface area contributed by atoms with Gasteiger partial charge in [-0.3, -0.25) is 4.79 Å². The van der Waals surface area contributed by atoms with E-state index in [0.29, 0.717) is 67.8 Å². The van der Waals surface area contributed by atoms with Gasteiger partial charge in [-0.15, -0.1) is 20.4 Å². The molecule has 0 atom stereocenters. The molecule has 10 nitrogen and oxygen atoms in total. The van der Waals surface area contributed by atoms with Gasteiger partial charge in [0.05, 0.1) is 29.4 Å². The number of halogens is 9. The number of carbonyl (C=O) groups is 2. The van der Waals surface area contributed by atoms with Crippen LogP contribution in [0.2, 0.25) is 0 Å². The van der Waals surface area contributed by atoms with Crippen LogP contribution in [0.4, 0.5) is 62.5 Å². The minimum atomic E-state index is -4.98. The molecule has 1 amide bonds. The Kier molecular flexibility index (Phi) is 15.7. The average molecular weight is 960 g/mol. The number of aromatic nitrogens is 4. The van der Waals surface area contributed by atoms with Gasteiger partial charge in [0.15, 0.2) is 11.6 Å². The molecule has 19 heteroatoms. The summed E-state index contributed by atoms with van der Waals surface area (Å²) in [6.45, 7) is 1.60. The van der Waals surface area contributed by atoms with Gasteiger partial charge in [0, 0.05) is 56.7 Å². The van der Waals surface area contributed by atoms with E-state index in [1.165, 1.54) is 14.2 Å². The highest BCUT2D eigenvalue weighted by molar-refractivity contribution is 6.02. The molecule has 0 saturated carbocycles. The summed E-state index contributed by atoms with van der Waals surface area (Å²) >= 11 is 0. The summed E-state index contributed by atoms with van der Waals surface area (Å²) in [4.78, 5) is 23.4. The summed E-state index contributed by atoms with van der Waals surface area (Å²) in [7, 11) is 2.82. The third kappa shape index (κ3) is 11.9. The van der Waals surface area contributed by atoms with Crippen LogP contribution in [0.3, 0.4) is 0 Å². The first-order valence-corrected chi connectivity index (χ1v) is 19.8. The molecule has 2 heterocycles. The van der Waals surface area contributed by atoms with Crippen LogP contribution in [0, 0.1) is 6.92 Å². The van der Waals surface area contributed by atoms with E-state index in [1.807, 2.05) is 24.3 Å². The van der Waals surface area contributed by atoms with Crippen molar-refractivity contribution in [2.75, 3.05) is 24.8 Å². The van der Waals surface area contributed by atoms with Crippen molar-refractivity contribution in [3.8, 4) is 22.5 Å². The predicted molar refractivity (Wildman–Crippen MR) is 247 cm³/mol. The van der Waals surface area contributed by atoms with Gasteiger partial charge >= 0.3 is 24.5 Å². The largest absolute Gasteiger partial charge is 0.465 e. The number of methoxy groups -OCH3 is 1. The van der Waals surface area contributed by atoms with Crippen LogP contribution in [0.5, 0.6) is 0 Å². The van der Waals surface area contributed by atoms with Crippen LogP contribution < -0.4 is 16.0 Å². The highest BCUT2D eigenvalue weighted by Crippen LogP contribution is 2.40. The first-order chi connectivity index (χ1) is 31.7. The lowest BCUT2D eigenvalue weighted by Crippen LogP contribution is -2.17. The molecular formula is C50H42F9N7O3. The van der Waals surface area contributed by atoms with E-state index in [4.69, 9.17) is 4.74 Å². The molecule has 0 saturated heterocycles. The Balaban J connectivity index is 0.000000251. The zero-order chi connectivity index (χ0) is 48.3. The third-order valence-corrected chi connectivity index (χ3v) is 10.1. The summed E-state index contributed by atoms with van der Waals surface area (Å²) in [5.74, 6) is -0.386. The Morgan fingerprint density at radius 3 is 1.26 bits per heavy atom. The predicted octanol–water partition coefficient (Wildman–Crippen LogP) is 13.9. The van der Waals surface area contributed by atoms with Crippen LogP contribution in [-0.2, 0) is 23.3 Å². The van der Waals surface area contributed by atoms with Gasteiger partial charge in [-0.05, 0) is 73.2 Å². The standard InChI is InChI=1S/C24H16F6N4O.C24H18F3N3O2.2CH4/c1-31-22(35)14-8-6-13(7-9-14)20-18-4-2-3-5-19(18)21(34-33-20)32-17-11-15(23(25,26)27)10-16(12-17)24(28,29)30;1-14-11-17(24(25,26)27)13-18(12-14)28-22-20-6-4-3-5-19(20)21(29-30-22)15-7-9-16(10-8-15)23(31)32-2;;/h2-12H,1H3,(H,31,35)(H,32,34);3-13H,1-2H3,(H,28,30);2*1H4. The maximum atomic E-state index is 13.2. The van der Waals surface area contributed by atoms with Crippen molar-refractivity contribution in [3.05, 3.63) is 167 Å². The molecule has 0 radical (unpaired) electrons. The number of benzene rings is 6. The molecule has 0 aliphatic heterocycles. The van der Waals surface area contributed by atoms with Crippen LogP contribution >= 0.6 is 0 Å². The summed E-state index contributed by atoms with van der Waals surface area (Å²) in [5, 5.41) is 27.2. The van der Waals surface area contributed by atoms with Gasteiger partial charge in [0.1, 0.15) is 11.4 Å². The lowest BCUT2D eigenvalue weighted by molar-refractivity contribution is -0.143. The monoisotopic (exact) mass is 959 g/mol. The smallest absolute Gasteiger partial charge is 0.416 e. The Bertz CT molecular complexity index is 3090. The van der Waals surface area contributed by atoms with E-state index in [2.05, 4.69) is 36.3 Å². The van der Waals surface area contributed by atoms with E-state index >= 15 is 0 Å². The third-order valence-electron chi connectivity index (χ3n) is 10.1. The van der Waals surface area contributed by atoms with Crippen LogP contribution in [0.25, 0.3) is 44.1 Å². The number of nitrogens with zero attached hydrogens (tertiary/aromatic N) is 4. The number of carbonyl (C=O) groups excluding carboxylic acids is 2. The maximum Gasteiger partial charge on any atom is 0.416 e. The highest BCUT2D eigenvalue weighted by Gasteiger charge is 2.37. The maximum absolute atomic E-state index is 13.2. The number of aryl methyl sites for hydroxylation is 1. The Hall–Kier alpha value is -8.09. The Labute approximate surface area is 389 Å². The van der Waals surface area contributed by atoms with Crippen molar-refractivity contribution >= 4 is 56.4 Å². The molecule has 6 aromatic carbocycles. The van der Waals surface area contributed by atoms with Crippen LogP contribution in [-0.4, -0.2) is 46.4 Å². The zero-order valence-corrected chi connectivity index (χ0v) is 35.1. The fourth-order valence-electron chi connectivity index (χ4n) is 6.94. The molecule has 358 valence electrons. The molecule has 0 aliphatic rings. The number of rotatable bonds is 8. The quantitative estimate of drug-likeness (QED) is 0.101. The number of anilines is 4. The van der Waals surface area contributed by atoms with E-state index in [0.717, 1.165) is 23.1 Å². The van der Waals surface area contributed by atoms with E-state index < -0.39 is 46.9 Å². The van der Waals surface area contributed by atoms with Crippen molar-refractivity contribution < 1.29 is 53.8 Å². The minimum absolute atomic E-state index is 0. The minimum Gasteiger partial charge on any atom is -0.465 e. The highest BCUT2D eigenvalue weighted by atomic mass is 19.4. The van der Waals surface area contributed by atoms with Crippen LogP contribution in [0.15, 0.2) is 133 Å². The number of hydrogen-bond donors (Lipinski definition) is 3. The molecule has 0 spiro atoms. The van der Waals surface area contributed by atoms with E-state index in [9.17, 15) is 49.1 Å². The number of alkyl halides is 9. The lowest BCUT2D eigenvalue weighted by Gasteiger charge is -2.16. The summed E-state index contributed by atoms with van der Waals surface area (Å²) in [6, 6.07) is 32.3. The molecular weight excluding hydrogens is 918 g/mol. The van der Waals surface area contributed by atoms with Crippen molar-refractivity contribution in [2.45, 2.75) is 40.3 Å². The molecule has 0 fully saturated rings. The lowest BCUT2D eigenvalue weighted by atomic mass is 10.0. The average Bonchev–Trinajstić information content (AvgIpc) is 3.30. The normalized spacial score (nSPS) is 11.4. The number of nitrogens with one attached hydrogen (secondary N) is 3. The van der Waals surface area contributed by atoms with Gasteiger partial charge in [-0.25, -0.2) is 4.79 Å². The van der Waals surface area contributed by atoms with Crippen molar-refractivity contribution in [1.82, 2.24) is 25.7 Å². The topological polar surface area (TPSA) is 131 Å². The van der Waals surface area contributed by atoms with Gasteiger partial charge in [-0.1, -0.05) is 87.6 Å². The molecule has 0 unspecified atom stereocenters. The first-order valence-electron chi connectivity index (χ1n) is 19.8. The number of ether oxygens (including phenoxy) is 1. The van der Waals surface area contributed by atoms with Gasteiger partial charge in [0.2, 0.25) is 0 Å². The molecule has 2 aromatic heterocycles. The molecule has 8 aromatic rings. The number of fused-ring (bicyclic) bond motifs is 2. The Morgan fingerprint density at radius 1 is 0.493 bits per heavy atom. The summed E-state index contributed by atoms with van der Waals surface area (Å²) < 4.78 is 124. The molecule has 8 rings (SSSR count). The fraction of sp³-hybridized carbons (Fsp3) is 0.160.